The summed E-state index contributed by atoms with van der Waals surface area (Å²) in [6.07, 6.45) is 3.53. The maximum Gasteiger partial charge on any atom is 0.0158 e. The molecular formula is C17H29N. The van der Waals surface area contributed by atoms with Gasteiger partial charge in [0, 0.05) is 6.04 Å². The molecule has 18 heavy (non-hydrogen) atoms. The lowest BCUT2D eigenvalue weighted by Gasteiger charge is -2.34. The molecule has 0 radical (unpaired) electrons. The van der Waals surface area contributed by atoms with Crippen molar-refractivity contribution in [2.24, 2.45) is 5.41 Å². The van der Waals surface area contributed by atoms with Crippen molar-refractivity contribution < 1.29 is 0 Å². The molecule has 0 fully saturated rings. The fourth-order valence-corrected chi connectivity index (χ4v) is 2.15. The predicted molar refractivity (Wildman–Crippen MR) is 81.0 cm³/mol. The average molecular weight is 247 g/mol. The van der Waals surface area contributed by atoms with E-state index in [-0.39, 0.29) is 0 Å². The zero-order valence-corrected chi connectivity index (χ0v) is 12.7. The fourth-order valence-electron chi connectivity index (χ4n) is 2.15. The molecule has 1 heteroatoms. The average Bonchev–Trinajstić information content (AvgIpc) is 2.36. The molecule has 0 heterocycles. The van der Waals surface area contributed by atoms with Crippen molar-refractivity contribution in [3.05, 3.63) is 35.4 Å². The summed E-state index contributed by atoms with van der Waals surface area (Å²) in [5.74, 6) is 0. The van der Waals surface area contributed by atoms with Gasteiger partial charge in [-0.3, -0.25) is 0 Å². The summed E-state index contributed by atoms with van der Waals surface area (Å²) in [6.45, 7) is 12.5. The quantitative estimate of drug-likeness (QED) is 0.755. The van der Waals surface area contributed by atoms with Crippen LogP contribution in [0.4, 0.5) is 0 Å². The van der Waals surface area contributed by atoms with E-state index in [4.69, 9.17) is 0 Å². The second-order valence-electron chi connectivity index (χ2n) is 6.04. The minimum Gasteiger partial charge on any atom is -0.313 e. The fraction of sp³-hybridized carbons (Fsp3) is 0.647. The van der Waals surface area contributed by atoms with Crippen LogP contribution in [0.5, 0.6) is 0 Å². The van der Waals surface area contributed by atoms with Crippen LogP contribution in [0.3, 0.4) is 0 Å². The number of hydrogen-bond donors (Lipinski definition) is 1. The van der Waals surface area contributed by atoms with Crippen LogP contribution in [-0.2, 0) is 6.42 Å². The lowest BCUT2D eigenvalue weighted by atomic mass is 9.79. The molecule has 0 amide bonds. The standard InChI is InChI=1S/C17H29N/c1-6-12-18-16(17(4,5)7-2)13-15-10-8-14(3)9-11-15/h8-11,16,18H,6-7,12-13H2,1-5H3. The van der Waals surface area contributed by atoms with Crippen LogP contribution in [0.25, 0.3) is 0 Å². The molecule has 0 aromatic heterocycles. The Balaban J connectivity index is 2.74. The van der Waals surface area contributed by atoms with Crippen LogP contribution in [0, 0.1) is 12.3 Å². The zero-order chi connectivity index (χ0) is 13.6. The van der Waals surface area contributed by atoms with E-state index in [0.717, 1.165) is 13.0 Å². The number of hydrogen-bond acceptors (Lipinski definition) is 1. The molecule has 0 aliphatic heterocycles. The van der Waals surface area contributed by atoms with E-state index >= 15 is 0 Å². The Morgan fingerprint density at radius 1 is 1.11 bits per heavy atom. The third-order valence-electron chi connectivity index (χ3n) is 4.06. The highest BCUT2D eigenvalue weighted by Crippen LogP contribution is 2.27. The third-order valence-corrected chi connectivity index (χ3v) is 4.06. The molecular weight excluding hydrogens is 218 g/mol. The van der Waals surface area contributed by atoms with Gasteiger partial charge in [-0.05, 0) is 43.7 Å². The molecule has 1 aromatic rings. The molecule has 0 bridgehead atoms. The zero-order valence-electron chi connectivity index (χ0n) is 12.7. The van der Waals surface area contributed by atoms with Crippen LogP contribution in [0.1, 0.15) is 51.7 Å². The van der Waals surface area contributed by atoms with Crippen LogP contribution >= 0.6 is 0 Å². The highest BCUT2D eigenvalue weighted by atomic mass is 14.9. The first-order chi connectivity index (χ1) is 8.49. The maximum atomic E-state index is 3.72. The van der Waals surface area contributed by atoms with Gasteiger partial charge in [0.25, 0.3) is 0 Å². The molecule has 1 unspecified atom stereocenters. The first kappa shape index (κ1) is 15.2. The first-order valence-corrected chi connectivity index (χ1v) is 7.28. The molecule has 0 saturated heterocycles. The van der Waals surface area contributed by atoms with Gasteiger partial charge in [-0.1, -0.05) is 57.5 Å². The van der Waals surface area contributed by atoms with Crippen molar-refractivity contribution in [3.8, 4) is 0 Å². The van der Waals surface area contributed by atoms with Gasteiger partial charge in [0.15, 0.2) is 0 Å². The summed E-state index contributed by atoms with van der Waals surface area (Å²) in [7, 11) is 0. The summed E-state index contributed by atoms with van der Waals surface area (Å²) in [6, 6.07) is 9.52. The van der Waals surface area contributed by atoms with Crippen molar-refractivity contribution in [1.29, 1.82) is 0 Å². The summed E-state index contributed by atoms with van der Waals surface area (Å²) in [4.78, 5) is 0. The summed E-state index contributed by atoms with van der Waals surface area (Å²) in [5.41, 5.74) is 3.13. The van der Waals surface area contributed by atoms with E-state index in [1.807, 2.05) is 0 Å². The van der Waals surface area contributed by atoms with E-state index in [0.29, 0.717) is 11.5 Å². The molecule has 1 nitrogen and oxygen atoms in total. The number of aryl methyl sites for hydroxylation is 1. The van der Waals surface area contributed by atoms with Gasteiger partial charge in [-0.2, -0.15) is 0 Å². The smallest absolute Gasteiger partial charge is 0.0158 e. The van der Waals surface area contributed by atoms with Gasteiger partial charge in [-0.15, -0.1) is 0 Å². The Bertz CT molecular complexity index is 337. The molecule has 0 saturated carbocycles. The van der Waals surface area contributed by atoms with Crippen molar-refractivity contribution >= 4 is 0 Å². The van der Waals surface area contributed by atoms with E-state index in [1.54, 1.807) is 0 Å². The molecule has 0 spiro atoms. The second-order valence-corrected chi connectivity index (χ2v) is 6.04. The third kappa shape index (κ3) is 4.45. The first-order valence-electron chi connectivity index (χ1n) is 7.28. The Hall–Kier alpha value is -0.820. The molecule has 102 valence electrons. The maximum absolute atomic E-state index is 3.72. The molecule has 0 aliphatic carbocycles. The number of nitrogens with one attached hydrogen (secondary N) is 1. The van der Waals surface area contributed by atoms with Gasteiger partial charge in [0.05, 0.1) is 0 Å². The highest BCUT2D eigenvalue weighted by molar-refractivity contribution is 5.22. The lowest BCUT2D eigenvalue weighted by molar-refractivity contribution is 0.230. The second kappa shape index (κ2) is 6.94. The minimum absolute atomic E-state index is 0.347. The van der Waals surface area contributed by atoms with E-state index < -0.39 is 0 Å². The van der Waals surface area contributed by atoms with Crippen molar-refractivity contribution in [2.75, 3.05) is 6.54 Å². The SMILES string of the molecule is CCCNC(Cc1ccc(C)cc1)C(C)(C)CC. The Kier molecular flexibility index (Phi) is 5.87. The van der Waals surface area contributed by atoms with Crippen molar-refractivity contribution in [2.45, 2.75) is 59.9 Å². The Labute approximate surface area is 113 Å². The lowest BCUT2D eigenvalue weighted by Crippen LogP contribution is -2.43. The van der Waals surface area contributed by atoms with Crippen LogP contribution in [-0.4, -0.2) is 12.6 Å². The van der Waals surface area contributed by atoms with E-state index in [9.17, 15) is 0 Å². The van der Waals surface area contributed by atoms with Gasteiger partial charge in [-0.25, -0.2) is 0 Å². The van der Waals surface area contributed by atoms with Gasteiger partial charge >= 0.3 is 0 Å². The van der Waals surface area contributed by atoms with Gasteiger partial charge in [0.2, 0.25) is 0 Å². The normalized spacial score (nSPS) is 13.6. The molecule has 1 atom stereocenters. The van der Waals surface area contributed by atoms with Crippen LogP contribution < -0.4 is 5.32 Å². The minimum atomic E-state index is 0.347. The number of benzene rings is 1. The molecule has 1 rings (SSSR count). The molecule has 1 N–H and O–H groups in total. The topological polar surface area (TPSA) is 12.0 Å². The number of rotatable bonds is 7. The summed E-state index contributed by atoms with van der Waals surface area (Å²) >= 11 is 0. The predicted octanol–water partition coefficient (Wildman–Crippen LogP) is 4.34. The summed E-state index contributed by atoms with van der Waals surface area (Å²) in [5, 5.41) is 3.72. The monoisotopic (exact) mass is 247 g/mol. The Morgan fingerprint density at radius 3 is 2.22 bits per heavy atom. The molecule has 0 aliphatic rings. The summed E-state index contributed by atoms with van der Waals surface area (Å²) < 4.78 is 0. The van der Waals surface area contributed by atoms with Crippen LogP contribution in [0.2, 0.25) is 0 Å². The highest BCUT2D eigenvalue weighted by Gasteiger charge is 2.27. The molecule has 1 aromatic carbocycles. The van der Waals surface area contributed by atoms with Gasteiger partial charge in [0.1, 0.15) is 0 Å². The van der Waals surface area contributed by atoms with Crippen LogP contribution in [0.15, 0.2) is 24.3 Å². The van der Waals surface area contributed by atoms with Crippen molar-refractivity contribution in [1.82, 2.24) is 5.32 Å². The Morgan fingerprint density at radius 2 is 1.72 bits per heavy atom. The van der Waals surface area contributed by atoms with E-state index in [2.05, 4.69) is 64.2 Å². The largest absolute Gasteiger partial charge is 0.313 e. The van der Waals surface area contributed by atoms with Gasteiger partial charge < -0.3 is 5.32 Å². The van der Waals surface area contributed by atoms with Crippen molar-refractivity contribution in [3.63, 3.8) is 0 Å². The van der Waals surface area contributed by atoms with E-state index in [1.165, 1.54) is 24.0 Å².